The van der Waals surface area contributed by atoms with Gasteiger partial charge in [0, 0.05) is 25.3 Å². The minimum absolute atomic E-state index is 0.0323. The van der Waals surface area contributed by atoms with Crippen LogP contribution in [0, 0.1) is 11.7 Å². The van der Waals surface area contributed by atoms with Gasteiger partial charge in [-0.3, -0.25) is 4.79 Å². The molecule has 136 valence electrons. The molecule has 0 radical (unpaired) electrons. The van der Waals surface area contributed by atoms with E-state index in [1.165, 1.54) is 17.7 Å². The van der Waals surface area contributed by atoms with Crippen molar-refractivity contribution in [1.29, 1.82) is 0 Å². The van der Waals surface area contributed by atoms with Gasteiger partial charge in [0.25, 0.3) is 5.91 Å². The van der Waals surface area contributed by atoms with Gasteiger partial charge in [-0.15, -0.1) is 0 Å². The van der Waals surface area contributed by atoms with Crippen LogP contribution >= 0.6 is 11.6 Å². The molecule has 3 nitrogen and oxygen atoms in total. The van der Waals surface area contributed by atoms with Gasteiger partial charge in [-0.25, -0.2) is 4.39 Å². The fourth-order valence-electron chi connectivity index (χ4n) is 3.95. The summed E-state index contributed by atoms with van der Waals surface area (Å²) in [6, 6.07) is 10.6. The molecule has 2 aliphatic rings. The van der Waals surface area contributed by atoms with Gasteiger partial charge < -0.3 is 10.2 Å². The Balaban J connectivity index is 1.38. The summed E-state index contributed by atoms with van der Waals surface area (Å²) in [4.78, 5) is 14.8. The number of fused-ring (bicyclic) bond motifs is 1. The Morgan fingerprint density at radius 1 is 1.19 bits per heavy atom. The first-order chi connectivity index (χ1) is 12.6. The number of carbonyl (C=O) groups is 1. The second-order valence-corrected chi connectivity index (χ2v) is 7.64. The van der Waals surface area contributed by atoms with E-state index in [1.54, 1.807) is 0 Å². The molecule has 0 aliphatic carbocycles. The van der Waals surface area contributed by atoms with E-state index in [2.05, 4.69) is 5.32 Å². The summed E-state index contributed by atoms with van der Waals surface area (Å²) in [5.41, 5.74) is 3.99. The molecule has 2 aliphatic heterocycles. The Labute approximate surface area is 158 Å². The number of amides is 1. The third-order valence-corrected chi connectivity index (χ3v) is 5.79. The van der Waals surface area contributed by atoms with Gasteiger partial charge in [-0.1, -0.05) is 23.7 Å². The Morgan fingerprint density at radius 3 is 2.65 bits per heavy atom. The second-order valence-electron chi connectivity index (χ2n) is 7.23. The van der Waals surface area contributed by atoms with Gasteiger partial charge in [0.05, 0.1) is 10.6 Å². The number of hydrogen-bond acceptors (Lipinski definition) is 2. The maximum atomic E-state index is 13.0. The molecular formula is C21H22ClFN2O. The number of benzene rings is 2. The first-order valence-electron chi connectivity index (χ1n) is 9.20. The molecule has 0 saturated carbocycles. The first-order valence-corrected chi connectivity index (χ1v) is 9.58. The fourth-order valence-corrected chi connectivity index (χ4v) is 4.19. The molecule has 0 atom stereocenters. The average molecular weight is 373 g/mol. The van der Waals surface area contributed by atoms with Gasteiger partial charge in [-0.05, 0) is 67.0 Å². The van der Waals surface area contributed by atoms with E-state index in [0.29, 0.717) is 16.5 Å². The highest BCUT2D eigenvalue weighted by Gasteiger charge is 2.26. The lowest BCUT2D eigenvalue weighted by molar-refractivity contribution is 0.0690. The maximum Gasteiger partial charge on any atom is 0.255 e. The zero-order valence-electron chi connectivity index (χ0n) is 14.6. The largest absolute Gasteiger partial charge is 0.384 e. The Kier molecular flexibility index (Phi) is 4.86. The van der Waals surface area contributed by atoms with Crippen LogP contribution in [-0.4, -0.2) is 30.4 Å². The van der Waals surface area contributed by atoms with Crippen LogP contribution in [0.2, 0.25) is 5.02 Å². The lowest BCUT2D eigenvalue weighted by atomic mass is 9.90. The van der Waals surface area contributed by atoms with Gasteiger partial charge in [0.2, 0.25) is 0 Å². The molecule has 26 heavy (non-hydrogen) atoms. The number of piperidine rings is 1. The molecule has 5 heteroatoms. The van der Waals surface area contributed by atoms with Gasteiger partial charge in [0.15, 0.2) is 0 Å². The molecule has 0 aromatic heterocycles. The van der Waals surface area contributed by atoms with Crippen molar-refractivity contribution < 1.29 is 9.18 Å². The van der Waals surface area contributed by atoms with Crippen LogP contribution in [0.15, 0.2) is 36.4 Å². The van der Waals surface area contributed by atoms with Crippen molar-refractivity contribution in [3.63, 3.8) is 0 Å². The van der Waals surface area contributed by atoms with E-state index in [0.717, 1.165) is 56.6 Å². The van der Waals surface area contributed by atoms with Gasteiger partial charge in [0.1, 0.15) is 5.82 Å². The first kappa shape index (κ1) is 17.3. The predicted molar refractivity (Wildman–Crippen MR) is 102 cm³/mol. The SMILES string of the molecule is O=C(c1cc2c(cc1Cl)NCC2)N1CCC(Cc2ccc(F)cc2)CC1. The van der Waals surface area contributed by atoms with E-state index in [4.69, 9.17) is 11.6 Å². The molecule has 2 aromatic carbocycles. The molecule has 0 unspecified atom stereocenters. The second kappa shape index (κ2) is 7.28. The minimum atomic E-state index is -0.199. The molecule has 1 amide bonds. The highest BCUT2D eigenvalue weighted by atomic mass is 35.5. The predicted octanol–water partition coefficient (Wildman–Crippen LogP) is 4.54. The summed E-state index contributed by atoms with van der Waals surface area (Å²) in [5.74, 6) is 0.365. The molecule has 0 spiro atoms. The monoisotopic (exact) mass is 372 g/mol. The van der Waals surface area contributed by atoms with Crippen molar-refractivity contribution >= 4 is 23.2 Å². The molecule has 4 rings (SSSR count). The normalized spacial score (nSPS) is 17.1. The zero-order chi connectivity index (χ0) is 18.1. The summed E-state index contributed by atoms with van der Waals surface area (Å²) in [6.07, 6.45) is 3.81. The van der Waals surface area contributed by atoms with Crippen molar-refractivity contribution in [2.24, 2.45) is 5.92 Å². The zero-order valence-corrected chi connectivity index (χ0v) is 15.4. The highest BCUT2D eigenvalue weighted by molar-refractivity contribution is 6.34. The fraction of sp³-hybridized carbons (Fsp3) is 0.381. The van der Waals surface area contributed by atoms with Crippen LogP contribution in [0.5, 0.6) is 0 Å². The summed E-state index contributed by atoms with van der Waals surface area (Å²) in [6.45, 7) is 2.39. The number of likely N-dealkylation sites (tertiary alicyclic amines) is 1. The Bertz CT molecular complexity index is 814. The van der Waals surface area contributed by atoms with Crippen LogP contribution in [-0.2, 0) is 12.8 Å². The number of nitrogens with zero attached hydrogens (tertiary/aromatic N) is 1. The number of rotatable bonds is 3. The molecule has 1 saturated heterocycles. The van der Waals surface area contributed by atoms with Crippen LogP contribution in [0.25, 0.3) is 0 Å². The smallest absolute Gasteiger partial charge is 0.255 e. The van der Waals surface area contributed by atoms with E-state index >= 15 is 0 Å². The molecule has 2 aromatic rings. The highest BCUT2D eigenvalue weighted by Crippen LogP contribution is 2.31. The van der Waals surface area contributed by atoms with E-state index in [9.17, 15) is 9.18 Å². The number of halogens is 2. The van der Waals surface area contributed by atoms with Gasteiger partial charge in [-0.2, -0.15) is 0 Å². The van der Waals surface area contributed by atoms with Crippen LogP contribution < -0.4 is 5.32 Å². The molecule has 1 fully saturated rings. The average Bonchev–Trinajstić information content (AvgIpc) is 3.10. The number of nitrogens with one attached hydrogen (secondary N) is 1. The molecule has 0 bridgehead atoms. The summed E-state index contributed by atoms with van der Waals surface area (Å²) in [5, 5.41) is 3.81. The van der Waals surface area contributed by atoms with Gasteiger partial charge >= 0.3 is 0 Å². The quantitative estimate of drug-likeness (QED) is 0.857. The number of anilines is 1. The third-order valence-electron chi connectivity index (χ3n) is 5.47. The standard InChI is InChI=1S/C21H22ClFN2O/c22-19-13-20-16(5-8-24-20)12-18(19)21(26)25-9-6-15(7-10-25)11-14-1-3-17(23)4-2-14/h1-4,12-13,15,24H,5-11H2. The van der Waals surface area contributed by atoms with Crippen LogP contribution in [0.1, 0.15) is 34.3 Å². The van der Waals surface area contributed by atoms with Crippen LogP contribution in [0.4, 0.5) is 10.1 Å². The van der Waals surface area contributed by atoms with Crippen molar-refractivity contribution in [3.05, 3.63) is 63.9 Å². The minimum Gasteiger partial charge on any atom is -0.384 e. The molecular weight excluding hydrogens is 351 g/mol. The van der Waals surface area contributed by atoms with E-state index < -0.39 is 0 Å². The number of hydrogen-bond donors (Lipinski definition) is 1. The Morgan fingerprint density at radius 2 is 1.92 bits per heavy atom. The van der Waals surface area contributed by atoms with Crippen molar-refractivity contribution in [1.82, 2.24) is 4.90 Å². The lowest BCUT2D eigenvalue weighted by Crippen LogP contribution is -2.39. The summed E-state index contributed by atoms with van der Waals surface area (Å²) >= 11 is 6.35. The van der Waals surface area contributed by atoms with Crippen molar-refractivity contribution in [3.8, 4) is 0 Å². The van der Waals surface area contributed by atoms with Crippen molar-refractivity contribution in [2.75, 3.05) is 25.0 Å². The maximum absolute atomic E-state index is 13.0. The topological polar surface area (TPSA) is 32.3 Å². The molecule has 2 heterocycles. The van der Waals surface area contributed by atoms with E-state index in [-0.39, 0.29) is 11.7 Å². The number of carbonyl (C=O) groups excluding carboxylic acids is 1. The van der Waals surface area contributed by atoms with E-state index in [1.807, 2.05) is 29.2 Å². The Hall–Kier alpha value is -2.07. The van der Waals surface area contributed by atoms with Crippen molar-refractivity contribution in [2.45, 2.75) is 25.7 Å². The lowest BCUT2D eigenvalue weighted by Gasteiger charge is -2.32. The summed E-state index contributed by atoms with van der Waals surface area (Å²) in [7, 11) is 0. The summed E-state index contributed by atoms with van der Waals surface area (Å²) < 4.78 is 13.0. The third kappa shape index (κ3) is 3.56. The molecule has 1 N–H and O–H groups in total. The van der Waals surface area contributed by atoms with Crippen LogP contribution in [0.3, 0.4) is 0 Å².